The summed E-state index contributed by atoms with van der Waals surface area (Å²) in [5.74, 6) is 0.328. The number of anilines is 1. The standard InChI is InChI=1S/C17H19NO2/c1-11(19)14-4-2-3-5-16(14)18-17-9-6-12-10-13(20)7-8-15(12)17/h2-5,7-8,10-11,17-20H,6,9H2,1H3. The minimum Gasteiger partial charge on any atom is -0.508 e. The molecule has 1 aliphatic rings. The molecule has 20 heavy (non-hydrogen) atoms. The molecule has 0 aromatic heterocycles. The summed E-state index contributed by atoms with van der Waals surface area (Å²) >= 11 is 0. The van der Waals surface area contributed by atoms with Crippen molar-refractivity contribution in [3.05, 3.63) is 59.2 Å². The number of nitrogens with one attached hydrogen (secondary N) is 1. The number of aliphatic hydroxyl groups is 1. The van der Waals surface area contributed by atoms with E-state index in [0.717, 1.165) is 24.1 Å². The molecule has 3 N–H and O–H groups in total. The van der Waals surface area contributed by atoms with Crippen LogP contribution in [0.5, 0.6) is 5.75 Å². The van der Waals surface area contributed by atoms with Crippen molar-refractivity contribution in [3.8, 4) is 5.75 Å². The molecule has 104 valence electrons. The molecule has 0 bridgehead atoms. The Morgan fingerprint density at radius 1 is 1.20 bits per heavy atom. The zero-order chi connectivity index (χ0) is 14.1. The number of hydrogen-bond acceptors (Lipinski definition) is 3. The van der Waals surface area contributed by atoms with Gasteiger partial charge in [-0.2, -0.15) is 0 Å². The first-order valence-electron chi connectivity index (χ1n) is 7.00. The normalized spacial score (nSPS) is 18.6. The summed E-state index contributed by atoms with van der Waals surface area (Å²) in [6.45, 7) is 1.78. The maximum atomic E-state index is 9.84. The third-order valence-corrected chi connectivity index (χ3v) is 3.94. The Bertz CT molecular complexity index is 622. The highest BCUT2D eigenvalue weighted by atomic mass is 16.3. The Kier molecular flexibility index (Phi) is 3.36. The van der Waals surface area contributed by atoms with Crippen LogP contribution in [0, 0.1) is 0 Å². The SMILES string of the molecule is CC(O)c1ccccc1NC1CCc2cc(O)ccc21. The van der Waals surface area contributed by atoms with Gasteiger partial charge in [-0.05, 0) is 49.1 Å². The first kappa shape index (κ1) is 13.0. The Hall–Kier alpha value is -2.00. The van der Waals surface area contributed by atoms with Crippen molar-refractivity contribution < 1.29 is 10.2 Å². The van der Waals surface area contributed by atoms with Crippen molar-refractivity contribution in [2.75, 3.05) is 5.32 Å². The van der Waals surface area contributed by atoms with Gasteiger partial charge < -0.3 is 15.5 Å². The monoisotopic (exact) mass is 269 g/mol. The van der Waals surface area contributed by atoms with Crippen LogP contribution >= 0.6 is 0 Å². The maximum absolute atomic E-state index is 9.84. The van der Waals surface area contributed by atoms with Gasteiger partial charge >= 0.3 is 0 Å². The molecule has 0 saturated heterocycles. The number of hydrogen-bond donors (Lipinski definition) is 3. The fraction of sp³-hybridized carbons (Fsp3) is 0.294. The Balaban J connectivity index is 1.88. The molecule has 2 aromatic rings. The van der Waals surface area contributed by atoms with Crippen LogP contribution < -0.4 is 5.32 Å². The lowest BCUT2D eigenvalue weighted by Gasteiger charge is -2.19. The number of benzene rings is 2. The van der Waals surface area contributed by atoms with E-state index in [2.05, 4.69) is 5.32 Å². The summed E-state index contributed by atoms with van der Waals surface area (Å²) in [7, 11) is 0. The number of para-hydroxylation sites is 1. The molecule has 0 radical (unpaired) electrons. The highest BCUT2D eigenvalue weighted by Gasteiger charge is 2.23. The molecule has 2 aromatic carbocycles. The molecule has 0 heterocycles. The minimum absolute atomic E-state index is 0.241. The van der Waals surface area contributed by atoms with Crippen LogP contribution in [0.4, 0.5) is 5.69 Å². The van der Waals surface area contributed by atoms with E-state index in [1.165, 1.54) is 11.1 Å². The van der Waals surface area contributed by atoms with Crippen LogP contribution in [0.3, 0.4) is 0 Å². The van der Waals surface area contributed by atoms with E-state index < -0.39 is 6.10 Å². The average molecular weight is 269 g/mol. The first-order valence-corrected chi connectivity index (χ1v) is 7.00. The van der Waals surface area contributed by atoms with E-state index in [1.807, 2.05) is 36.4 Å². The maximum Gasteiger partial charge on any atom is 0.115 e. The summed E-state index contributed by atoms with van der Waals surface area (Å²) in [5.41, 5.74) is 4.34. The van der Waals surface area contributed by atoms with Crippen LogP contribution in [-0.4, -0.2) is 10.2 Å². The van der Waals surface area contributed by atoms with Gasteiger partial charge in [-0.15, -0.1) is 0 Å². The predicted octanol–water partition coefficient (Wildman–Crippen LogP) is 3.54. The molecule has 2 atom stereocenters. The van der Waals surface area contributed by atoms with Crippen molar-refractivity contribution in [3.63, 3.8) is 0 Å². The molecule has 3 heteroatoms. The van der Waals surface area contributed by atoms with Gasteiger partial charge in [0.25, 0.3) is 0 Å². The number of rotatable bonds is 3. The molecule has 3 rings (SSSR count). The molecule has 0 saturated carbocycles. The largest absolute Gasteiger partial charge is 0.508 e. The summed E-state index contributed by atoms with van der Waals surface area (Å²) in [4.78, 5) is 0. The second-order valence-electron chi connectivity index (χ2n) is 5.38. The van der Waals surface area contributed by atoms with Crippen molar-refractivity contribution in [2.24, 2.45) is 0 Å². The molecule has 0 fully saturated rings. The van der Waals surface area contributed by atoms with E-state index in [4.69, 9.17) is 0 Å². The fourth-order valence-corrected chi connectivity index (χ4v) is 2.93. The van der Waals surface area contributed by atoms with Gasteiger partial charge in [0.1, 0.15) is 5.75 Å². The lowest BCUT2D eigenvalue weighted by molar-refractivity contribution is 0.200. The van der Waals surface area contributed by atoms with Crippen molar-refractivity contribution >= 4 is 5.69 Å². The van der Waals surface area contributed by atoms with E-state index in [-0.39, 0.29) is 6.04 Å². The van der Waals surface area contributed by atoms with Crippen LogP contribution in [0.15, 0.2) is 42.5 Å². The fourth-order valence-electron chi connectivity index (χ4n) is 2.93. The zero-order valence-corrected chi connectivity index (χ0v) is 11.5. The molecule has 1 aliphatic carbocycles. The highest BCUT2D eigenvalue weighted by Crippen LogP contribution is 2.36. The summed E-state index contributed by atoms with van der Waals surface area (Å²) in [5, 5.41) is 22.9. The van der Waals surface area contributed by atoms with Crippen LogP contribution in [-0.2, 0) is 6.42 Å². The van der Waals surface area contributed by atoms with E-state index in [1.54, 1.807) is 13.0 Å². The molecule has 0 amide bonds. The number of phenols is 1. The van der Waals surface area contributed by atoms with Crippen LogP contribution in [0.1, 0.15) is 42.2 Å². The third-order valence-electron chi connectivity index (χ3n) is 3.94. The second kappa shape index (κ2) is 5.17. The molecular formula is C17H19NO2. The van der Waals surface area contributed by atoms with Gasteiger partial charge in [-0.3, -0.25) is 0 Å². The van der Waals surface area contributed by atoms with Crippen LogP contribution in [0.25, 0.3) is 0 Å². The summed E-state index contributed by atoms with van der Waals surface area (Å²) in [6, 6.07) is 13.7. The van der Waals surface area contributed by atoms with Crippen molar-refractivity contribution in [1.29, 1.82) is 0 Å². The van der Waals surface area contributed by atoms with Crippen LogP contribution in [0.2, 0.25) is 0 Å². The molecule has 2 unspecified atom stereocenters. The lowest BCUT2D eigenvalue weighted by Crippen LogP contribution is -2.09. The Labute approximate surface area is 118 Å². The van der Waals surface area contributed by atoms with Crippen molar-refractivity contribution in [1.82, 2.24) is 0 Å². The van der Waals surface area contributed by atoms with Gasteiger partial charge in [-0.1, -0.05) is 24.3 Å². The Morgan fingerprint density at radius 2 is 2.00 bits per heavy atom. The Morgan fingerprint density at radius 3 is 2.80 bits per heavy atom. The smallest absolute Gasteiger partial charge is 0.115 e. The lowest BCUT2D eigenvalue weighted by atomic mass is 10.0. The van der Waals surface area contributed by atoms with Gasteiger partial charge in [0.2, 0.25) is 0 Å². The second-order valence-corrected chi connectivity index (χ2v) is 5.38. The highest BCUT2D eigenvalue weighted by molar-refractivity contribution is 5.55. The first-order chi connectivity index (χ1) is 9.65. The number of aryl methyl sites for hydroxylation is 1. The number of phenolic OH excluding ortho intramolecular Hbond substituents is 1. The average Bonchev–Trinajstić information content (AvgIpc) is 2.81. The van der Waals surface area contributed by atoms with E-state index in [9.17, 15) is 10.2 Å². The van der Waals surface area contributed by atoms with Gasteiger partial charge in [0, 0.05) is 11.3 Å². The molecular weight excluding hydrogens is 250 g/mol. The molecule has 0 aliphatic heterocycles. The van der Waals surface area contributed by atoms with Gasteiger partial charge in [0.05, 0.1) is 12.1 Å². The van der Waals surface area contributed by atoms with E-state index >= 15 is 0 Å². The van der Waals surface area contributed by atoms with E-state index in [0.29, 0.717) is 5.75 Å². The molecule has 0 spiro atoms. The van der Waals surface area contributed by atoms with Gasteiger partial charge in [0.15, 0.2) is 0 Å². The topological polar surface area (TPSA) is 52.5 Å². The number of fused-ring (bicyclic) bond motifs is 1. The third kappa shape index (κ3) is 2.37. The number of aromatic hydroxyl groups is 1. The zero-order valence-electron chi connectivity index (χ0n) is 11.5. The van der Waals surface area contributed by atoms with Gasteiger partial charge in [-0.25, -0.2) is 0 Å². The summed E-state index contributed by atoms with van der Waals surface area (Å²) < 4.78 is 0. The van der Waals surface area contributed by atoms with Crippen molar-refractivity contribution in [2.45, 2.75) is 31.9 Å². The molecule has 3 nitrogen and oxygen atoms in total. The quantitative estimate of drug-likeness (QED) is 0.798. The predicted molar refractivity (Wildman–Crippen MR) is 79.9 cm³/mol. The number of aliphatic hydroxyl groups excluding tert-OH is 1. The summed E-state index contributed by atoms with van der Waals surface area (Å²) in [6.07, 6.45) is 1.49. The minimum atomic E-state index is -0.487.